The fourth-order valence-electron chi connectivity index (χ4n) is 1.65. The van der Waals surface area contributed by atoms with Crippen molar-refractivity contribution in [2.75, 3.05) is 13.6 Å². The number of carbonyl (C=O) groups is 1. The first kappa shape index (κ1) is 13.7. The normalized spacial score (nSPS) is 12.9. The second-order valence-corrected chi connectivity index (χ2v) is 6.83. The van der Waals surface area contributed by atoms with Gasteiger partial charge in [0.15, 0.2) is 5.78 Å². The zero-order chi connectivity index (χ0) is 13.1. The van der Waals surface area contributed by atoms with Gasteiger partial charge >= 0.3 is 0 Å². The van der Waals surface area contributed by atoms with Gasteiger partial charge in [-0.1, -0.05) is 17.7 Å². The Labute approximate surface area is 120 Å². The van der Waals surface area contributed by atoms with Crippen molar-refractivity contribution < 1.29 is 4.79 Å². The van der Waals surface area contributed by atoms with E-state index in [0.717, 1.165) is 4.88 Å². The third-order valence-electron chi connectivity index (χ3n) is 2.86. The smallest absolute Gasteiger partial charge is 0.186 e. The van der Waals surface area contributed by atoms with Crippen molar-refractivity contribution in [3.8, 4) is 0 Å². The first-order valence-corrected chi connectivity index (χ1v) is 7.67. The van der Waals surface area contributed by atoms with Crippen LogP contribution in [0.25, 0.3) is 0 Å². The molecule has 0 radical (unpaired) electrons. The SMILES string of the molecule is CC(c1cccs1)N(C)CC(=O)c1ccc(Cl)s1. The van der Waals surface area contributed by atoms with Crippen LogP contribution in [0.3, 0.4) is 0 Å². The maximum absolute atomic E-state index is 12.1. The molecule has 0 N–H and O–H groups in total. The van der Waals surface area contributed by atoms with Crippen molar-refractivity contribution in [1.82, 2.24) is 4.90 Å². The van der Waals surface area contributed by atoms with E-state index in [-0.39, 0.29) is 11.8 Å². The molecule has 0 bridgehead atoms. The van der Waals surface area contributed by atoms with E-state index in [1.54, 1.807) is 23.5 Å². The van der Waals surface area contributed by atoms with Crippen LogP contribution in [0.5, 0.6) is 0 Å². The fraction of sp³-hybridized carbons (Fsp3) is 0.308. The molecule has 0 aromatic carbocycles. The summed E-state index contributed by atoms with van der Waals surface area (Å²) in [5.41, 5.74) is 0. The third-order valence-corrected chi connectivity index (χ3v) is 5.17. The van der Waals surface area contributed by atoms with Gasteiger partial charge in [0.05, 0.1) is 15.8 Å². The Kier molecular flexibility index (Phi) is 4.56. The lowest BCUT2D eigenvalue weighted by Crippen LogP contribution is -2.28. The molecule has 0 aliphatic rings. The van der Waals surface area contributed by atoms with E-state index in [9.17, 15) is 4.79 Å². The Hall–Kier alpha value is -0.680. The topological polar surface area (TPSA) is 20.3 Å². The summed E-state index contributed by atoms with van der Waals surface area (Å²) in [7, 11) is 1.97. The van der Waals surface area contributed by atoms with Gasteiger partial charge in [0.2, 0.25) is 0 Å². The molecule has 0 spiro atoms. The minimum atomic E-state index is 0.123. The predicted octanol–water partition coefficient (Wildman–Crippen LogP) is 4.34. The van der Waals surface area contributed by atoms with Crippen molar-refractivity contribution in [3.05, 3.63) is 43.7 Å². The molecule has 2 aromatic rings. The van der Waals surface area contributed by atoms with Gasteiger partial charge in [0, 0.05) is 10.9 Å². The van der Waals surface area contributed by atoms with Crippen LogP contribution in [-0.4, -0.2) is 24.3 Å². The Morgan fingerprint density at radius 2 is 2.22 bits per heavy atom. The summed E-state index contributed by atoms with van der Waals surface area (Å²) in [5, 5.41) is 2.06. The summed E-state index contributed by atoms with van der Waals surface area (Å²) < 4.78 is 0.660. The fourth-order valence-corrected chi connectivity index (χ4v) is 3.47. The van der Waals surface area contributed by atoms with Gasteiger partial charge in [-0.3, -0.25) is 9.69 Å². The molecule has 1 atom stereocenters. The molecule has 1 unspecified atom stereocenters. The summed E-state index contributed by atoms with van der Waals surface area (Å²) >= 11 is 8.89. The molecule has 2 aromatic heterocycles. The van der Waals surface area contributed by atoms with Crippen LogP contribution in [0.15, 0.2) is 29.6 Å². The molecule has 0 fully saturated rings. The van der Waals surface area contributed by atoms with Crippen LogP contribution in [0, 0.1) is 0 Å². The maximum Gasteiger partial charge on any atom is 0.186 e. The van der Waals surface area contributed by atoms with Gasteiger partial charge in [0.25, 0.3) is 0 Å². The van der Waals surface area contributed by atoms with E-state index in [2.05, 4.69) is 23.3 Å². The summed E-state index contributed by atoms with van der Waals surface area (Å²) in [5.74, 6) is 0.123. The van der Waals surface area contributed by atoms with Crippen molar-refractivity contribution >= 4 is 40.1 Å². The third kappa shape index (κ3) is 3.20. The van der Waals surface area contributed by atoms with Crippen molar-refractivity contribution in [3.63, 3.8) is 0 Å². The number of hydrogen-bond donors (Lipinski definition) is 0. The molecule has 0 saturated carbocycles. The molecule has 5 heteroatoms. The number of rotatable bonds is 5. The molecule has 0 aliphatic heterocycles. The van der Waals surface area contributed by atoms with E-state index in [4.69, 9.17) is 11.6 Å². The first-order chi connectivity index (χ1) is 8.58. The zero-order valence-corrected chi connectivity index (χ0v) is 12.6. The van der Waals surface area contributed by atoms with E-state index >= 15 is 0 Å². The average Bonchev–Trinajstić information content (AvgIpc) is 2.98. The number of thiophene rings is 2. The van der Waals surface area contributed by atoms with Gasteiger partial charge in [-0.25, -0.2) is 0 Å². The summed E-state index contributed by atoms with van der Waals surface area (Å²) in [4.78, 5) is 16.1. The number of carbonyl (C=O) groups excluding carboxylic acids is 1. The minimum Gasteiger partial charge on any atom is -0.292 e. The van der Waals surface area contributed by atoms with Crippen LogP contribution >= 0.6 is 34.3 Å². The van der Waals surface area contributed by atoms with Crippen molar-refractivity contribution in [2.24, 2.45) is 0 Å². The highest BCUT2D eigenvalue weighted by atomic mass is 35.5. The molecular formula is C13H14ClNOS2. The van der Waals surface area contributed by atoms with Crippen LogP contribution < -0.4 is 0 Å². The number of hydrogen-bond acceptors (Lipinski definition) is 4. The Balaban J connectivity index is 1.99. The molecule has 18 heavy (non-hydrogen) atoms. The molecule has 2 rings (SSSR count). The largest absolute Gasteiger partial charge is 0.292 e. The number of nitrogens with zero attached hydrogens (tertiary/aromatic N) is 1. The van der Waals surface area contributed by atoms with Gasteiger partial charge in [-0.2, -0.15) is 0 Å². The van der Waals surface area contributed by atoms with Gasteiger partial charge < -0.3 is 0 Å². The number of likely N-dealkylation sites (N-methyl/N-ethyl adjacent to an activating group) is 1. The van der Waals surface area contributed by atoms with Crippen molar-refractivity contribution in [2.45, 2.75) is 13.0 Å². The van der Waals surface area contributed by atoms with Crippen LogP contribution in [-0.2, 0) is 0 Å². The lowest BCUT2D eigenvalue weighted by molar-refractivity contribution is 0.0930. The molecule has 0 aliphatic carbocycles. The zero-order valence-electron chi connectivity index (χ0n) is 10.2. The monoisotopic (exact) mass is 299 g/mol. The average molecular weight is 300 g/mol. The quantitative estimate of drug-likeness (QED) is 0.766. The lowest BCUT2D eigenvalue weighted by atomic mass is 10.2. The number of ketones is 1. The Morgan fingerprint density at radius 1 is 1.44 bits per heavy atom. The van der Waals surface area contributed by atoms with Gasteiger partial charge in [-0.05, 0) is 37.6 Å². The number of Topliss-reactive ketones (excluding diaryl/α,β-unsaturated/α-hetero) is 1. The summed E-state index contributed by atoms with van der Waals surface area (Å²) in [6, 6.07) is 7.94. The maximum atomic E-state index is 12.1. The van der Waals surface area contributed by atoms with Crippen LogP contribution in [0.2, 0.25) is 4.34 Å². The van der Waals surface area contributed by atoms with Crippen LogP contribution in [0.4, 0.5) is 0 Å². The van der Waals surface area contributed by atoms with Gasteiger partial charge in [0.1, 0.15) is 0 Å². The molecule has 0 amide bonds. The molecule has 0 saturated heterocycles. The Bertz CT molecular complexity index is 521. The van der Waals surface area contributed by atoms with Crippen molar-refractivity contribution in [1.29, 1.82) is 0 Å². The number of halogens is 1. The van der Waals surface area contributed by atoms with E-state index in [1.165, 1.54) is 16.2 Å². The van der Waals surface area contributed by atoms with E-state index in [0.29, 0.717) is 10.9 Å². The summed E-state index contributed by atoms with van der Waals surface area (Å²) in [6.45, 7) is 2.52. The predicted molar refractivity (Wildman–Crippen MR) is 79.0 cm³/mol. The van der Waals surface area contributed by atoms with Crippen LogP contribution in [0.1, 0.15) is 27.5 Å². The molecule has 2 nitrogen and oxygen atoms in total. The second-order valence-electron chi connectivity index (χ2n) is 4.13. The highest BCUT2D eigenvalue weighted by Crippen LogP contribution is 2.25. The lowest BCUT2D eigenvalue weighted by Gasteiger charge is -2.22. The highest BCUT2D eigenvalue weighted by Gasteiger charge is 2.17. The molecule has 96 valence electrons. The van der Waals surface area contributed by atoms with E-state index < -0.39 is 0 Å². The first-order valence-electron chi connectivity index (χ1n) is 5.60. The minimum absolute atomic E-state index is 0.123. The highest BCUT2D eigenvalue weighted by molar-refractivity contribution is 7.18. The van der Waals surface area contributed by atoms with E-state index in [1.807, 2.05) is 13.1 Å². The molecule has 2 heterocycles. The van der Waals surface area contributed by atoms with Gasteiger partial charge in [-0.15, -0.1) is 22.7 Å². The molecular weight excluding hydrogens is 286 g/mol. The standard InChI is InChI=1S/C13H14ClNOS2/c1-9(11-4-3-7-17-11)15(2)8-10(16)12-5-6-13(14)18-12/h3-7,9H,8H2,1-2H3. The summed E-state index contributed by atoms with van der Waals surface area (Å²) in [6.07, 6.45) is 0. The Morgan fingerprint density at radius 3 is 2.78 bits per heavy atom. The second kappa shape index (κ2) is 5.97.